The second kappa shape index (κ2) is 8.26. The number of benzene rings is 1. The minimum absolute atomic E-state index is 0.0232. The van der Waals surface area contributed by atoms with Crippen molar-refractivity contribution >= 4 is 11.8 Å². The molecule has 1 rings (SSSR count). The highest BCUT2D eigenvalue weighted by molar-refractivity contribution is 5.97. The summed E-state index contributed by atoms with van der Waals surface area (Å²) in [7, 11) is 1.56. The summed E-state index contributed by atoms with van der Waals surface area (Å²) in [6.45, 7) is 4.51. The quantitative estimate of drug-likeness (QED) is 0.683. The van der Waals surface area contributed by atoms with E-state index in [1.807, 2.05) is 13.8 Å². The molecule has 0 heterocycles. The Bertz CT molecular complexity index is 472. The lowest BCUT2D eigenvalue weighted by Gasteiger charge is -2.21. The van der Waals surface area contributed by atoms with Crippen LogP contribution < -0.4 is 21.1 Å². The number of nitrogens with two attached hydrogens (primary N) is 1. The fourth-order valence-electron chi connectivity index (χ4n) is 1.81. The number of carbonyl (C=O) groups is 2. The first kappa shape index (κ1) is 17.0. The minimum atomic E-state index is -0.592. The van der Waals surface area contributed by atoms with Gasteiger partial charge in [0.1, 0.15) is 11.8 Å². The van der Waals surface area contributed by atoms with E-state index >= 15 is 0 Å². The van der Waals surface area contributed by atoms with Crippen LogP contribution in [-0.4, -0.2) is 38.1 Å². The minimum Gasteiger partial charge on any atom is -0.497 e. The Labute approximate surface area is 125 Å². The van der Waals surface area contributed by atoms with Crippen LogP contribution in [-0.2, 0) is 4.79 Å². The van der Waals surface area contributed by atoms with E-state index < -0.39 is 6.04 Å². The van der Waals surface area contributed by atoms with Crippen LogP contribution in [0.4, 0.5) is 0 Å². The Kier molecular flexibility index (Phi) is 6.68. The fourth-order valence-corrected chi connectivity index (χ4v) is 1.81. The van der Waals surface area contributed by atoms with Crippen LogP contribution >= 0.6 is 0 Å². The first-order valence-corrected chi connectivity index (χ1v) is 6.92. The zero-order valence-corrected chi connectivity index (χ0v) is 12.7. The van der Waals surface area contributed by atoms with Gasteiger partial charge in [-0.25, -0.2) is 0 Å². The van der Waals surface area contributed by atoms with E-state index in [4.69, 9.17) is 10.5 Å². The Morgan fingerprint density at radius 2 is 1.86 bits per heavy atom. The van der Waals surface area contributed by atoms with Crippen molar-refractivity contribution in [2.24, 2.45) is 11.7 Å². The van der Waals surface area contributed by atoms with Crippen LogP contribution in [0.15, 0.2) is 24.3 Å². The van der Waals surface area contributed by atoms with Gasteiger partial charge in [0, 0.05) is 18.7 Å². The van der Waals surface area contributed by atoms with Crippen molar-refractivity contribution in [2.75, 3.05) is 20.2 Å². The van der Waals surface area contributed by atoms with Crippen molar-refractivity contribution in [3.8, 4) is 5.75 Å². The third kappa shape index (κ3) is 5.07. The summed E-state index contributed by atoms with van der Waals surface area (Å²) >= 11 is 0. The highest BCUT2D eigenvalue weighted by atomic mass is 16.5. The van der Waals surface area contributed by atoms with Gasteiger partial charge in [-0.15, -0.1) is 0 Å². The van der Waals surface area contributed by atoms with Crippen molar-refractivity contribution in [3.05, 3.63) is 29.8 Å². The summed E-state index contributed by atoms with van der Waals surface area (Å²) in [4.78, 5) is 24.2. The van der Waals surface area contributed by atoms with E-state index in [1.54, 1.807) is 31.4 Å². The van der Waals surface area contributed by atoms with Gasteiger partial charge < -0.3 is 21.1 Å². The average Bonchev–Trinajstić information content (AvgIpc) is 2.49. The van der Waals surface area contributed by atoms with Gasteiger partial charge in [-0.05, 0) is 30.2 Å². The second-order valence-corrected chi connectivity index (χ2v) is 5.00. The van der Waals surface area contributed by atoms with Crippen molar-refractivity contribution in [1.82, 2.24) is 10.6 Å². The lowest BCUT2D eigenvalue weighted by Crippen LogP contribution is -2.50. The molecule has 0 aliphatic rings. The molecule has 1 aromatic carbocycles. The Morgan fingerprint density at radius 3 is 2.33 bits per heavy atom. The van der Waals surface area contributed by atoms with Crippen LogP contribution in [0.5, 0.6) is 5.75 Å². The van der Waals surface area contributed by atoms with Crippen LogP contribution in [0.3, 0.4) is 0 Å². The molecule has 0 fully saturated rings. The third-order valence-electron chi connectivity index (χ3n) is 3.03. The average molecular weight is 293 g/mol. The SMILES string of the molecule is COc1ccc(C(=O)NC(C(=O)NCCN)C(C)C)cc1. The Morgan fingerprint density at radius 1 is 1.24 bits per heavy atom. The molecule has 4 N–H and O–H groups in total. The van der Waals surface area contributed by atoms with Crippen LogP contribution in [0.2, 0.25) is 0 Å². The van der Waals surface area contributed by atoms with Crippen LogP contribution in [0.25, 0.3) is 0 Å². The highest BCUT2D eigenvalue weighted by Gasteiger charge is 2.24. The standard InChI is InChI=1S/C15H23N3O3/c1-10(2)13(15(20)17-9-8-16)18-14(19)11-4-6-12(21-3)7-5-11/h4-7,10,13H,8-9,16H2,1-3H3,(H,17,20)(H,18,19). The maximum Gasteiger partial charge on any atom is 0.251 e. The molecular weight excluding hydrogens is 270 g/mol. The van der Waals surface area contributed by atoms with Crippen LogP contribution in [0, 0.1) is 5.92 Å². The molecule has 0 aliphatic carbocycles. The second-order valence-electron chi connectivity index (χ2n) is 5.00. The summed E-state index contributed by atoms with van der Waals surface area (Å²) in [6, 6.07) is 6.12. The van der Waals surface area contributed by atoms with Gasteiger partial charge in [0.15, 0.2) is 0 Å². The molecule has 6 nitrogen and oxygen atoms in total. The summed E-state index contributed by atoms with van der Waals surface area (Å²) in [5, 5.41) is 5.44. The van der Waals surface area contributed by atoms with E-state index in [1.165, 1.54) is 0 Å². The molecule has 1 atom stereocenters. The van der Waals surface area contributed by atoms with Crippen molar-refractivity contribution in [2.45, 2.75) is 19.9 Å². The molecule has 0 spiro atoms. The number of carbonyl (C=O) groups excluding carboxylic acids is 2. The smallest absolute Gasteiger partial charge is 0.251 e. The van der Waals surface area contributed by atoms with Crippen molar-refractivity contribution in [1.29, 1.82) is 0 Å². The molecule has 116 valence electrons. The van der Waals surface area contributed by atoms with Gasteiger partial charge in [-0.1, -0.05) is 13.8 Å². The molecule has 6 heteroatoms. The van der Waals surface area contributed by atoms with Gasteiger partial charge in [-0.3, -0.25) is 9.59 Å². The number of hydrogen-bond donors (Lipinski definition) is 3. The van der Waals surface area contributed by atoms with E-state index in [9.17, 15) is 9.59 Å². The molecule has 21 heavy (non-hydrogen) atoms. The first-order chi connectivity index (χ1) is 9.99. The number of methoxy groups -OCH3 is 1. The summed E-state index contributed by atoms with van der Waals surface area (Å²) in [5.41, 5.74) is 5.84. The lowest BCUT2D eigenvalue weighted by molar-refractivity contribution is -0.123. The van der Waals surface area contributed by atoms with Crippen LogP contribution in [0.1, 0.15) is 24.2 Å². The molecule has 0 aliphatic heterocycles. The predicted molar refractivity (Wildman–Crippen MR) is 81.2 cm³/mol. The van der Waals surface area contributed by atoms with Gasteiger partial charge in [0.05, 0.1) is 7.11 Å². The largest absolute Gasteiger partial charge is 0.497 e. The summed E-state index contributed by atoms with van der Waals surface area (Å²) < 4.78 is 5.04. The molecule has 0 bridgehead atoms. The number of ether oxygens (including phenoxy) is 1. The highest BCUT2D eigenvalue weighted by Crippen LogP contribution is 2.12. The first-order valence-electron chi connectivity index (χ1n) is 6.92. The van der Waals surface area contributed by atoms with Gasteiger partial charge in [0.25, 0.3) is 5.91 Å². The molecule has 0 radical (unpaired) electrons. The van der Waals surface area contributed by atoms with E-state index in [-0.39, 0.29) is 17.7 Å². The molecule has 0 saturated heterocycles. The third-order valence-corrected chi connectivity index (χ3v) is 3.03. The topological polar surface area (TPSA) is 93.4 Å². The lowest BCUT2D eigenvalue weighted by atomic mass is 10.0. The predicted octanol–water partition coefficient (Wildman–Crippen LogP) is 0.525. The van der Waals surface area contributed by atoms with E-state index in [0.29, 0.717) is 24.4 Å². The zero-order chi connectivity index (χ0) is 15.8. The van der Waals surface area contributed by atoms with Crippen molar-refractivity contribution < 1.29 is 14.3 Å². The monoisotopic (exact) mass is 293 g/mol. The van der Waals surface area contributed by atoms with E-state index in [2.05, 4.69) is 10.6 Å². The molecule has 0 saturated carbocycles. The fraction of sp³-hybridized carbons (Fsp3) is 0.467. The number of rotatable bonds is 7. The molecule has 1 aromatic rings. The number of hydrogen-bond acceptors (Lipinski definition) is 4. The molecular formula is C15H23N3O3. The maximum atomic E-state index is 12.2. The normalized spacial score (nSPS) is 11.9. The van der Waals surface area contributed by atoms with Gasteiger partial charge in [0.2, 0.25) is 5.91 Å². The maximum absolute atomic E-state index is 12.2. The molecule has 2 amide bonds. The molecule has 1 unspecified atom stereocenters. The Hall–Kier alpha value is -2.08. The summed E-state index contributed by atoms with van der Waals surface area (Å²) in [5.74, 6) is 0.134. The van der Waals surface area contributed by atoms with Gasteiger partial charge in [-0.2, -0.15) is 0 Å². The number of amides is 2. The van der Waals surface area contributed by atoms with Gasteiger partial charge >= 0.3 is 0 Å². The zero-order valence-electron chi connectivity index (χ0n) is 12.7. The molecule has 0 aromatic heterocycles. The number of nitrogens with one attached hydrogen (secondary N) is 2. The van der Waals surface area contributed by atoms with E-state index in [0.717, 1.165) is 0 Å². The summed E-state index contributed by atoms with van der Waals surface area (Å²) in [6.07, 6.45) is 0. The Balaban J connectivity index is 2.73. The van der Waals surface area contributed by atoms with Crippen molar-refractivity contribution in [3.63, 3.8) is 0 Å².